The van der Waals surface area contributed by atoms with Crippen LogP contribution in [0.1, 0.15) is 11.1 Å². The van der Waals surface area contributed by atoms with Gasteiger partial charge in [0.25, 0.3) is 5.09 Å². The zero-order valence-electron chi connectivity index (χ0n) is 16.1. The summed E-state index contributed by atoms with van der Waals surface area (Å²) in [5, 5.41) is 9.01. The molecule has 1 aromatic carbocycles. The van der Waals surface area contributed by atoms with Gasteiger partial charge in [0, 0.05) is 17.1 Å². The average molecular weight is 491 g/mol. The van der Waals surface area contributed by atoms with Crippen molar-refractivity contribution in [3.05, 3.63) is 38.9 Å². The van der Waals surface area contributed by atoms with Crippen molar-refractivity contribution < 1.29 is 55.3 Å². The minimum atomic E-state index is -5.03. The minimum Gasteiger partial charge on any atom is -0.475 e. The van der Waals surface area contributed by atoms with Gasteiger partial charge in [0.05, 0.1) is 5.57 Å². The third kappa shape index (κ3) is 7.39. The molecule has 8 nitrogen and oxygen atoms in total. The Kier molecular flexibility index (Phi) is 8.09. The van der Waals surface area contributed by atoms with Crippen molar-refractivity contribution in [3.8, 4) is 11.5 Å². The summed E-state index contributed by atoms with van der Waals surface area (Å²) >= 11 is 1.09. The molecule has 0 aliphatic carbocycles. The standard InChI is InChI=1S/C17H15F6NO7S/c1-9-6-11(31-17(21,22)23)7-10-8-12(14(16(18,19)20)30-13(9)10)15(25)28-2-4-32-5-3-29-24(26)27/h6-8,14H,2-5H2,1H3. The summed E-state index contributed by atoms with van der Waals surface area (Å²) in [7, 11) is 0. The highest BCUT2D eigenvalue weighted by molar-refractivity contribution is 7.99. The Hall–Kier alpha value is -2.84. The number of hydrogen-bond donors (Lipinski definition) is 0. The topological polar surface area (TPSA) is 97.1 Å². The van der Waals surface area contributed by atoms with Gasteiger partial charge in [-0.3, -0.25) is 0 Å². The molecule has 1 aromatic rings. The van der Waals surface area contributed by atoms with Crippen LogP contribution in [-0.4, -0.2) is 54.4 Å². The van der Waals surface area contributed by atoms with Crippen molar-refractivity contribution in [2.75, 3.05) is 24.7 Å². The molecule has 0 amide bonds. The maximum absolute atomic E-state index is 13.5. The molecule has 0 bridgehead atoms. The summed E-state index contributed by atoms with van der Waals surface area (Å²) in [6, 6.07) is 1.65. The molecule has 0 saturated heterocycles. The predicted octanol–water partition coefficient (Wildman–Crippen LogP) is 4.09. The van der Waals surface area contributed by atoms with E-state index < -0.39 is 41.0 Å². The Morgan fingerprint density at radius 1 is 1.19 bits per heavy atom. The molecule has 15 heteroatoms. The first-order valence-corrected chi connectivity index (χ1v) is 9.81. The van der Waals surface area contributed by atoms with Crippen molar-refractivity contribution in [2.45, 2.75) is 25.6 Å². The number of thioether (sulfide) groups is 1. The number of halogens is 6. The van der Waals surface area contributed by atoms with Gasteiger partial charge in [-0.2, -0.15) is 24.9 Å². The van der Waals surface area contributed by atoms with Gasteiger partial charge in [0.15, 0.2) is 0 Å². The lowest BCUT2D eigenvalue weighted by Gasteiger charge is -2.29. The lowest BCUT2D eigenvalue weighted by molar-refractivity contribution is -0.756. The number of nitrogens with zero attached hydrogens (tertiary/aromatic N) is 1. The van der Waals surface area contributed by atoms with Gasteiger partial charge in [-0.25, -0.2) is 4.79 Å². The SMILES string of the molecule is Cc1cc(OC(F)(F)F)cc2c1OC(C(F)(F)F)C(C(=O)OCCSCCO[N+](=O)[O-])=C2. The molecule has 32 heavy (non-hydrogen) atoms. The van der Waals surface area contributed by atoms with Crippen LogP contribution in [0.3, 0.4) is 0 Å². The van der Waals surface area contributed by atoms with Crippen molar-refractivity contribution in [1.29, 1.82) is 0 Å². The maximum Gasteiger partial charge on any atom is 0.573 e. The molecule has 0 saturated carbocycles. The third-order valence-corrected chi connectivity index (χ3v) is 4.67. The number of alkyl halides is 6. The van der Waals surface area contributed by atoms with Gasteiger partial charge < -0.3 is 19.0 Å². The average Bonchev–Trinajstić information content (AvgIpc) is 2.63. The van der Waals surface area contributed by atoms with E-state index in [1.807, 2.05) is 0 Å². The zero-order chi connectivity index (χ0) is 24.1. The Balaban J connectivity index is 2.15. The number of carbonyl (C=O) groups is 1. The van der Waals surface area contributed by atoms with E-state index >= 15 is 0 Å². The second-order valence-electron chi connectivity index (χ2n) is 6.15. The molecule has 1 unspecified atom stereocenters. The van der Waals surface area contributed by atoms with Crippen molar-refractivity contribution in [3.63, 3.8) is 0 Å². The molecule has 1 aliphatic heterocycles. The van der Waals surface area contributed by atoms with E-state index in [-0.39, 0.29) is 41.6 Å². The van der Waals surface area contributed by atoms with Crippen LogP contribution < -0.4 is 9.47 Å². The molecule has 2 rings (SSSR count). The molecule has 0 N–H and O–H groups in total. The van der Waals surface area contributed by atoms with Crippen molar-refractivity contribution in [2.24, 2.45) is 0 Å². The number of aryl methyl sites for hydroxylation is 1. The van der Waals surface area contributed by atoms with Crippen LogP contribution in [-0.2, 0) is 14.4 Å². The van der Waals surface area contributed by atoms with Gasteiger partial charge in [-0.15, -0.1) is 23.3 Å². The summed E-state index contributed by atoms with van der Waals surface area (Å²) in [6.07, 6.45) is -12.0. The first kappa shape index (κ1) is 25.4. The number of rotatable bonds is 9. The van der Waals surface area contributed by atoms with Gasteiger partial charge >= 0.3 is 18.5 Å². The number of hydrogen-bond acceptors (Lipinski definition) is 8. The van der Waals surface area contributed by atoms with E-state index in [1.54, 1.807) is 0 Å². The lowest BCUT2D eigenvalue weighted by atomic mass is 9.99. The summed E-state index contributed by atoms with van der Waals surface area (Å²) in [5.41, 5.74) is -1.23. The number of esters is 1. The van der Waals surface area contributed by atoms with E-state index in [2.05, 4.69) is 9.57 Å². The van der Waals surface area contributed by atoms with E-state index in [0.717, 1.165) is 30.0 Å². The van der Waals surface area contributed by atoms with E-state index in [1.165, 1.54) is 6.92 Å². The van der Waals surface area contributed by atoms with Crippen LogP contribution in [0, 0.1) is 17.0 Å². The molecule has 1 atom stereocenters. The monoisotopic (exact) mass is 491 g/mol. The van der Waals surface area contributed by atoms with E-state index in [4.69, 9.17) is 9.47 Å². The number of benzene rings is 1. The van der Waals surface area contributed by atoms with E-state index in [9.17, 15) is 41.3 Å². The zero-order valence-corrected chi connectivity index (χ0v) is 16.9. The highest BCUT2D eigenvalue weighted by Gasteiger charge is 2.49. The second kappa shape index (κ2) is 10.2. The summed E-state index contributed by atoms with van der Waals surface area (Å²) in [6.45, 7) is 0.679. The largest absolute Gasteiger partial charge is 0.573 e. The molecule has 1 aliphatic rings. The fourth-order valence-electron chi connectivity index (χ4n) is 2.61. The highest BCUT2D eigenvalue weighted by Crippen LogP contribution is 2.41. The van der Waals surface area contributed by atoms with Crippen molar-refractivity contribution in [1.82, 2.24) is 0 Å². The molecule has 0 spiro atoms. The van der Waals surface area contributed by atoms with Gasteiger partial charge in [-0.05, 0) is 30.7 Å². The molecule has 1 heterocycles. The summed E-state index contributed by atoms with van der Waals surface area (Å²) in [5.74, 6) is -2.14. The molecule has 0 fully saturated rings. The predicted molar refractivity (Wildman–Crippen MR) is 97.5 cm³/mol. The van der Waals surface area contributed by atoms with Crippen LogP contribution in [0.25, 0.3) is 6.08 Å². The van der Waals surface area contributed by atoms with Crippen molar-refractivity contribution >= 4 is 23.8 Å². The fraction of sp³-hybridized carbons (Fsp3) is 0.471. The van der Waals surface area contributed by atoms with Crippen LogP contribution >= 0.6 is 11.8 Å². The lowest BCUT2D eigenvalue weighted by Crippen LogP contribution is -2.41. The second-order valence-corrected chi connectivity index (χ2v) is 7.38. The number of ether oxygens (including phenoxy) is 3. The molecule has 178 valence electrons. The normalized spacial score (nSPS) is 15.8. The number of fused-ring (bicyclic) bond motifs is 1. The first-order valence-electron chi connectivity index (χ1n) is 8.65. The molecular formula is C17H15F6NO7S. The Labute approximate surface area is 180 Å². The van der Waals surface area contributed by atoms with Crippen LogP contribution in [0.2, 0.25) is 0 Å². The minimum absolute atomic E-state index is 0.0620. The summed E-state index contributed by atoms with van der Waals surface area (Å²) in [4.78, 5) is 26.3. The number of carbonyl (C=O) groups excluding carboxylic acids is 1. The molecular weight excluding hydrogens is 476 g/mol. The van der Waals surface area contributed by atoms with Crippen LogP contribution in [0.15, 0.2) is 17.7 Å². The van der Waals surface area contributed by atoms with E-state index in [0.29, 0.717) is 0 Å². The third-order valence-electron chi connectivity index (χ3n) is 3.76. The van der Waals surface area contributed by atoms with Crippen LogP contribution in [0.5, 0.6) is 11.5 Å². The quantitative estimate of drug-likeness (QED) is 0.168. The van der Waals surface area contributed by atoms with Gasteiger partial charge in [0.2, 0.25) is 6.10 Å². The first-order chi connectivity index (χ1) is 14.8. The molecule has 0 aromatic heterocycles. The Morgan fingerprint density at radius 3 is 2.44 bits per heavy atom. The smallest absolute Gasteiger partial charge is 0.475 e. The van der Waals surface area contributed by atoms with Gasteiger partial charge in [-0.1, -0.05) is 0 Å². The van der Waals surface area contributed by atoms with Gasteiger partial charge in [0.1, 0.15) is 24.7 Å². The Morgan fingerprint density at radius 2 is 1.84 bits per heavy atom. The summed E-state index contributed by atoms with van der Waals surface area (Å²) < 4.78 is 91.3. The fourth-order valence-corrected chi connectivity index (χ4v) is 3.21. The van der Waals surface area contributed by atoms with Crippen LogP contribution in [0.4, 0.5) is 26.3 Å². The molecule has 0 radical (unpaired) electrons. The Bertz CT molecular complexity index is 887. The maximum atomic E-state index is 13.5. The highest BCUT2D eigenvalue weighted by atomic mass is 32.2.